The standard InChI is InChI=1S/C15H12N2OS2/c18-14(16-9-12-7-4-8-19-12)13-10-17-15(20-13)11-5-2-1-3-6-11/h1-8,10H,9H2,(H,16,18). The summed E-state index contributed by atoms with van der Waals surface area (Å²) in [5.41, 5.74) is 1.04. The van der Waals surface area contributed by atoms with E-state index in [1.807, 2.05) is 47.8 Å². The van der Waals surface area contributed by atoms with Crippen LogP contribution in [-0.2, 0) is 6.54 Å². The van der Waals surface area contributed by atoms with E-state index in [9.17, 15) is 4.79 Å². The first kappa shape index (κ1) is 13.0. The minimum Gasteiger partial charge on any atom is -0.346 e. The molecule has 2 aromatic heterocycles. The Morgan fingerprint density at radius 3 is 2.75 bits per heavy atom. The highest BCUT2D eigenvalue weighted by Crippen LogP contribution is 2.24. The molecule has 0 fully saturated rings. The highest BCUT2D eigenvalue weighted by atomic mass is 32.1. The number of amides is 1. The summed E-state index contributed by atoms with van der Waals surface area (Å²) in [5, 5.41) is 5.78. The number of hydrogen-bond acceptors (Lipinski definition) is 4. The van der Waals surface area contributed by atoms with E-state index in [-0.39, 0.29) is 5.91 Å². The van der Waals surface area contributed by atoms with Crippen LogP contribution in [0.15, 0.2) is 54.0 Å². The van der Waals surface area contributed by atoms with Crippen molar-refractivity contribution < 1.29 is 4.79 Å². The molecule has 0 saturated heterocycles. The maximum Gasteiger partial charge on any atom is 0.263 e. The van der Waals surface area contributed by atoms with Crippen molar-refractivity contribution in [3.05, 3.63) is 63.8 Å². The van der Waals surface area contributed by atoms with E-state index >= 15 is 0 Å². The predicted octanol–water partition coefficient (Wildman–Crippen LogP) is 3.80. The molecule has 0 atom stereocenters. The molecule has 0 aliphatic rings. The van der Waals surface area contributed by atoms with Crippen LogP contribution in [0.3, 0.4) is 0 Å². The molecule has 3 aromatic rings. The van der Waals surface area contributed by atoms with Gasteiger partial charge in [0.2, 0.25) is 0 Å². The van der Waals surface area contributed by atoms with Gasteiger partial charge in [-0.1, -0.05) is 36.4 Å². The molecule has 100 valence electrons. The second-order valence-corrected chi connectivity index (χ2v) is 6.22. The lowest BCUT2D eigenvalue weighted by Crippen LogP contribution is -2.21. The van der Waals surface area contributed by atoms with Gasteiger partial charge < -0.3 is 5.32 Å². The van der Waals surface area contributed by atoms with Crippen LogP contribution in [0.25, 0.3) is 10.6 Å². The van der Waals surface area contributed by atoms with Crippen molar-refractivity contribution in [2.24, 2.45) is 0 Å². The maximum atomic E-state index is 12.0. The summed E-state index contributed by atoms with van der Waals surface area (Å²) < 4.78 is 0. The van der Waals surface area contributed by atoms with Gasteiger partial charge in [-0.2, -0.15) is 0 Å². The first-order valence-electron chi connectivity index (χ1n) is 6.15. The number of nitrogens with zero attached hydrogens (tertiary/aromatic N) is 1. The highest BCUT2D eigenvalue weighted by molar-refractivity contribution is 7.16. The van der Waals surface area contributed by atoms with Gasteiger partial charge in [0.25, 0.3) is 5.91 Å². The first-order chi connectivity index (χ1) is 9.83. The molecule has 0 saturated carbocycles. The van der Waals surface area contributed by atoms with Crippen LogP contribution in [0.5, 0.6) is 0 Å². The van der Waals surface area contributed by atoms with Crippen LogP contribution >= 0.6 is 22.7 Å². The van der Waals surface area contributed by atoms with Gasteiger partial charge in [-0.05, 0) is 11.4 Å². The summed E-state index contributed by atoms with van der Waals surface area (Å²) in [6.45, 7) is 0.565. The maximum absolute atomic E-state index is 12.0. The fourth-order valence-electron chi connectivity index (χ4n) is 1.76. The Kier molecular flexibility index (Phi) is 3.90. The molecule has 0 bridgehead atoms. The molecule has 1 N–H and O–H groups in total. The number of benzene rings is 1. The molecule has 3 nitrogen and oxygen atoms in total. The van der Waals surface area contributed by atoms with Gasteiger partial charge in [0, 0.05) is 10.4 Å². The number of thiophene rings is 1. The topological polar surface area (TPSA) is 42.0 Å². The van der Waals surface area contributed by atoms with E-state index in [4.69, 9.17) is 0 Å². The van der Waals surface area contributed by atoms with Gasteiger partial charge in [-0.3, -0.25) is 4.79 Å². The summed E-state index contributed by atoms with van der Waals surface area (Å²) in [6.07, 6.45) is 1.64. The third-order valence-corrected chi connectivity index (χ3v) is 4.68. The lowest BCUT2D eigenvalue weighted by Gasteiger charge is -2.00. The van der Waals surface area contributed by atoms with E-state index < -0.39 is 0 Å². The van der Waals surface area contributed by atoms with E-state index in [2.05, 4.69) is 10.3 Å². The first-order valence-corrected chi connectivity index (χ1v) is 7.84. The Morgan fingerprint density at radius 2 is 2.00 bits per heavy atom. The highest BCUT2D eigenvalue weighted by Gasteiger charge is 2.11. The van der Waals surface area contributed by atoms with E-state index in [0.717, 1.165) is 15.4 Å². The fourth-order valence-corrected chi connectivity index (χ4v) is 3.24. The van der Waals surface area contributed by atoms with Crippen LogP contribution in [-0.4, -0.2) is 10.9 Å². The molecule has 1 amide bonds. The van der Waals surface area contributed by atoms with Gasteiger partial charge in [0.05, 0.1) is 12.7 Å². The van der Waals surface area contributed by atoms with E-state index in [0.29, 0.717) is 11.4 Å². The minimum atomic E-state index is -0.0712. The number of carbonyl (C=O) groups excluding carboxylic acids is 1. The van der Waals surface area contributed by atoms with Crippen molar-refractivity contribution >= 4 is 28.6 Å². The molecule has 0 spiro atoms. The molecule has 3 rings (SSSR count). The van der Waals surface area contributed by atoms with Crippen LogP contribution in [0.2, 0.25) is 0 Å². The normalized spacial score (nSPS) is 10.4. The van der Waals surface area contributed by atoms with Gasteiger partial charge >= 0.3 is 0 Å². The summed E-state index contributed by atoms with van der Waals surface area (Å²) in [6, 6.07) is 13.9. The molecule has 0 aliphatic heterocycles. The Hall–Kier alpha value is -1.98. The lowest BCUT2D eigenvalue weighted by molar-refractivity contribution is 0.0955. The van der Waals surface area contributed by atoms with Gasteiger partial charge in [0.15, 0.2) is 0 Å². The molecule has 2 heterocycles. The quantitative estimate of drug-likeness (QED) is 0.796. The average Bonchev–Trinajstić information content (AvgIpc) is 3.17. The minimum absolute atomic E-state index is 0.0712. The van der Waals surface area contributed by atoms with Crippen molar-refractivity contribution in [1.82, 2.24) is 10.3 Å². The smallest absolute Gasteiger partial charge is 0.263 e. The molecule has 0 radical (unpaired) electrons. The molecular formula is C15H12N2OS2. The summed E-state index contributed by atoms with van der Waals surface area (Å²) in [7, 11) is 0. The number of aromatic nitrogens is 1. The fraction of sp³-hybridized carbons (Fsp3) is 0.0667. The average molecular weight is 300 g/mol. The van der Waals surface area contributed by atoms with Crippen molar-refractivity contribution in [1.29, 1.82) is 0 Å². The van der Waals surface area contributed by atoms with E-state index in [1.54, 1.807) is 17.5 Å². The number of nitrogens with one attached hydrogen (secondary N) is 1. The lowest BCUT2D eigenvalue weighted by atomic mass is 10.2. The Morgan fingerprint density at radius 1 is 1.15 bits per heavy atom. The molecule has 0 unspecified atom stereocenters. The van der Waals surface area contributed by atoms with Crippen molar-refractivity contribution in [3.8, 4) is 10.6 Å². The van der Waals surface area contributed by atoms with Crippen molar-refractivity contribution in [2.75, 3.05) is 0 Å². The monoisotopic (exact) mass is 300 g/mol. The SMILES string of the molecule is O=C(NCc1cccs1)c1cnc(-c2ccccc2)s1. The second kappa shape index (κ2) is 5.98. The Bertz CT molecular complexity index is 690. The summed E-state index contributed by atoms with van der Waals surface area (Å²) in [5.74, 6) is -0.0712. The third-order valence-electron chi connectivity index (χ3n) is 2.75. The van der Waals surface area contributed by atoms with Crippen LogP contribution < -0.4 is 5.32 Å². The predicted molar refractivity (Wildman–Crippen MR) is 83.0 cm³/mol. The molecular weight excluding hydrogens is 288 g/mol. The summed E-state index contributed by atoms with van der Waals surface area (Å²) >= 11 is 3.05. The van der Waals surface area contributed by atoms with Gasteiger partial charge in [-0.15, -0.1) is 22.7 Å². The second-order valence-electron chi connectivity index (χ2n) is 4.16. The van der Waals surface area contributed by atoms with Gasteiger partial charge in [0.1, 0.15) is 9.88 Å². The number of carbonyl (C=O) groups is 1. The third kappa shape index (κ3) is 2.95. The molecule has 0 aliphatic carbocycles. The van der Waals surface area contributed by atoms with Crippen molar-refractivity contribution in [2.45, 2.75) is 6.54 Å². The van der Waals surface area contributed by atoms with E-state index in [1.165, 1.54) is 11.3 Å². The Balaban J connectivity index is 1.69. The van der Waals surface area contributed by atoms with Crippen LogP contribution in [0.1, 0.15) is 14.5 Å². The zero-order chi connectivity index (χ0) is 13.8. The van der Waals surface area contributed by atoms with Gasteiger partial charge in [-0.25, -0.2) is 4.98 Å². The number of hydrogen-bond donors (Lipinski definition) is 1. The molecule has 20 heavy (non-hydrogen) atoms. The number of rotatable bonds is 4. The Labute approximate surface area is 124 Å². The van der Waals surface area contributed by atoms with Crippen LogP contribution in [0, 0.1) is 0 Å². The zero-order valence-electron chi connectivity index (χ0n) is 10.6. The molecule has 1 aromatic carbocycles. The van der Waals surface area contributed by atoms with Crippen LogP contribution in [0.4, 0.5) is 0 Å². The largest absolute Gasteiger partial charge is 0.346 e. The zero-order valence-corrected chi connectivity index (χ0v) is 12.2. The summed E-state index contributed by atoms with van der Waals surface area (Å²) in [4.78, 5) is 18.1. The number of thiazole rings is 1. The molecule has 5 heteroatoms. The van der Waals surface area contributed by atoms with Crippen molar-refractivity contribution in [3.63, 3.8) is 0 Å².